The van der Waals surface area contributed by atoms with Crippen LogP contribution in [0.3, 0.4) is 0 Å². The van der Waals surface area contributed by atoms with Gasteiger partial charge in [0.05, 0.1) is 25.3 Å². The van der Waals surface area contributed by atoms with E-state index in [4.69, 9.17) is 9.47 Å². The first-order chi connectivity index (χ1) is 12.4. The minimum Gasteiger partial charge on any atom is -0.445 e. The third kappa shape index (κ3) is 5.00. The van der Waals surface area contributed by atoms with Gasteiger partial charge in [-0.2, -0.15) is 0 Å². The van der Waals surface area contributed by atoms with Crippen molar-refractivity contribution in [2.45, 2.75) is 51.2 Å². The molecule has 1 aromatic carbocycles. The van der Waals surface area contributed by atoms with E-state index in [0.717, 1.165) is 18.4 Å². The van der Waals surface area contributed by atoms with Gasteiger partial charge in [0.2, 0.25) is 0 Å². The Bertz CT molecular complexity index is 727. The first-order valence-corrected chi connectivity index (χ1v) is 12.7. The number of amides is 1. The minimum atomic E-state index is -1.34. The van der Waals surface area contributed by atoms with Crippen molar-refractivity contribution in [1.29, 1.82) is 0 Å². The van der Waals surface area contributed by atoms with E-state index in [-0.39, 0.29) is 18.2 Å². The molecule has 0 N–H and O–H groups in total. The summed E-state index contributed by atoms with van der Waals surface area (Å²) in [6.07, 6.45) is 3.51. The summed E-state index contributed by atoms with van der Waals surface area (Å²) >= 11 is 0. The molecule has 0 saturated carbocycles. The highest BCUT2D eigenvalue weighted by Crippen LogP contribution is 2.29. The average Bonchev–Trinajstić information content (AvgIpc) is 2.58. The van der Waals surface area contributed by atoms with Gasteiger partial charge in [0.1, 0.15) is 14.7 Å². The molecule has 0 aliphatic carbocycles. The number of benzene rings is 1. The molecule has 1 saturated heterocycles. The van der Waals surface area contributed by atoms with E-state index >= 15 is 0 Å². The molecule has 1 fully saturated rings. The molecule has 1 aromatic rings. The highest BCUT2D eigenvalue weighted by atomic mass is 28.3. The quantitative estimate of drug-likeness (QED) is 0.459. The van der Waals surface area contributed by atoms with Crippen LogP contribution in [0.15, 0.2) is 42.0 Å². The molecular weight excluding hydrogens is 342 g/mol. The van der Waals surface area contributed by atoms with Gasteiger partial charge in [0, 0.05) is 6.42 Å². The molecule has 26 heavy (non-hydrogen) atoms. The first-order valence-electron chi connectivity index (χ1n) is 9.19. The highest BCUT2D eigenvalue weighted by Gasteiger charge is 2.38. The van der Waals surface area contributed by atoms with Gasteiger partial charge in [-0.05, 0) is 12.0 Å². The summed E-state index contributed by atoms with van der Waals surface area (Å²) in [7, 11) is -1.34. The Labute approximate surface area is 157 Å². The summed E-state index contributed by atoms with van der Waals surface area (Å²) in [6, 6.07) is 9.77. The van der Waals surface area contributed by atoms with Gasteiger partial charge in [-0.15, -0.1) is 11.5 Å². The molecule has 0 aromatic heterocycles. The fraction of sp³-hybridized carbons (Fsp3) is 0.476. The van der Waals surface area contributed by atoms with Crippen molar-refractivity contribution in [2.75, 3.05) is 13.2 Å². The standard InChI is InChI=1S/C21H27NO3Si/c1-26(2,3)11-7-10-18-12-19-15-24-16-20(13-18)22(19)21(23)25-14-17-8-5-4-6-9-17/h4-6,8-9,12,19-20H,10,13-16H2,1-3H3. The lowest BCUT2D eigenvalue weighted by Gasteiger charge is -2.43. The zero-order valence-electron chi connectivity index (χ0n) is 15.8. The van der Waals surface area contributed by atoms with Crippen molar-refractivity contribution in [3.8, 4) is 11.5 Å². The fourth-order valence-electron chi connectivity index (χ4n) is 3.32. The first kappa shape index (κ1) is 18.7. The Balaban J connectivity index is 1.63. The molecule has 2 aliphatic heterocycles. The van der Waals surface area contributed by atoms with Crippen LogP contribution in [0.1, 0.15) is 18.4 Å². The van der Waals surface area contributed by atoms with E-state index in [1.165, 1.54) is 5.57 Å². The molecule has 3 rings (SSSR count). The monoisotopic (exact) mass is 369 g/mol. The van der Waals surface area contributed by atoms with Gasteiger partial charge in [-0.25, -0.2) is 4.79 Å². The zero-order valence-corrected chi connectivity index (χ0v) is 16.8. The smallest absolute Gasteiger partial charge is 0.411 e. The predicted molar refractivity (Wildman–Crippen MR) is 105 cm³/mol. The molecule has 2 heterocycles. The van der Waals surface area contributed by atoms with Gasteiger partial charge >= 0.3 is 6.09 Å². The number of hydrogen-bond donors (Lipinski definition) is 0. The Kier molecular flexibility index (Phi) is 5.85. The average molecular weight is 370 g/mol. The molecule has 0 spiro atoms. The molecule has 1 amide bonds. The second-order valence-corrected chi connectivity index (χ2v) is 12.7. The van der Waals surface area contributed by atoms with Crippen LogP contribution < -0.4 is 0 Å². The SMILES string of the molecule is C[Si](C)(C)C#CCC1=CC2COCC(C1)N2C(=O)OCc1ccccc1. The highest BCUT2D eigenvalue weighted by molar-refractivity contribution is 6.83. The second kappa shape index (κ2) is 8.11. The summed E-state index contributed by atoms with van der Waals surface area (Å²) in [6.45, 7) is 8.15. The van der Waals surface area contributed by atoms with Crippen LogP contribution in [0.5, 0.6) is 0 Å². The number of carbonyl (C=O) groups is 1. The molecule has 2 unspecified atom stereocenters. The lowest BCUT2D eigenvalue weighted by molar-refractivity contribution is -0.0373. The van der Waals surface area contributed by atoms with Crippen molar-refractivity contribution >= 4 is 14.2 Å². The van der Waals surface area contributed by atoms with E-state index < -0.39 is 8.07 Å². The van der Waals surface area contributed by atoms with Crippen molar-refractivity contribution in [1.82, 2.24) is 4.90 Å². The van der Waals surface area contributed by atoms with Crippen LogP contribution in [0.25, 0.3) is 0 Å². The van der Waals surface area contributed by atoms with E-state index in [9.17, 15) is 4.79 Å². The van der Waals surface area contributed by atoms with Crippen LogP contribution in [-0.2, 0) is 16.1 Å². The van der Waals surface area contributed by atoms with Gasteiger partial charge < -0.3 is 9.47 Å². The fourth-order valence-corrected chi connectivity index (χ4v) is 3.94. The Hall–Kier alpha value is -2.03. The van der Waals surface area contributed by atoms with Gasteiger partial charge in [0.25, 0.3) is 0 Å². The van der Waals surface area contributed by atoms with Crippen molar-refractivity contribution in [2.24, 2.45) is 0 Å². The number of nitrogens with zero attached hydrogens (tertiary/aromatic N) is 1. The summed E-state index contributed by atoms with van der Waals surface area (Å²) < 4.78 is 11.2. The lowest BCUT2D eigenvalue weighted by Crippen LogP contribution is -2.56. The normalized spacial score (nSPS) is 22.1. The number of rotatable bonds is 3. The molecule has 2 atom stereocenters. The topological polar surface area (TPSA) is 38.8 Å². The minimum absolute atomic E-state index is 0.0468. The third-order valence-electron chi connectivity index (χ3n) is 4.47. The van der Waals surface area contributed by atoms with Gasteiger partial charge in [-0.1, -0.05) is 61.6 Å². The Morgan fingerprint density at radius 1 is 1.27 bits per heavy atom. The van der Waals surface area contributed by atoms with Crippen LogP contribution in [0, 0.1) is 11.5 Å². The molecule has 2 bridgehead atoms. The molecule has 2 aliphatic rings. The van der Waals surface area contributed by atoms with Crippen LogP contribution in [-0.4, -0.2) is 44.4 Å². The molecule has 4 nitrogen and oxygen atoms in total. The molecule has 5 heteroatoms. The van der Waals surface area contributed by atoms with Crippen molar-refractivity contribution in [3.63, 3.8) is 0 Å². The van der Waals surface area contributed by atoms with Crippen LogP contribution in [0.2, 0.25) is 19.6 Å². The van der Waals surface area contributed by atoms with E-state index in [2.05, 4.69) is 37.2 Å². The maximum Gasteiger partial charge on any atom is 0.411 e. The Morgan fingerprint density at radius 3 is 2.73 bits per heavy atom. The maximum absolute atomic E-state index is 12.6. The molecule has 0 radical (unpaired) electrons. The van der Waals surface area contributed by atoms with E-state index in [1.807, 2.05) is 35.2 Å². The van der Waals surface area contributed by atoms with E-state index in [0.29, 0.717) is 19.8 Å². The third-order valence-corrected chi connectivity index (χ3v) is 5.40. The number of ether oxygens (including phenoxy) is 2. The zero-order chi connectivity index (χ0) is 18.6. The van der Waals surface area contributed by atoms with Crippen molar-refractivity contribution in [3.05, 3.63) is 47.5 Å². The maximum atomic E-state index is 12.6. The molecule has 138 valence electrons. The van der Waals surface area contributed by atoms with Gasteiger partial charge in [0.15, 0.2) is 0 Å². The predicted octanol–water partition coefficient (Wildman–Crippen LogP) is 3.99. The Morgan fingerprint density at radius 2 is 2.04 bits per heavy atom. The van der Waals surface area contributed by atoms with Gasteiger partial charge in [-0.3, -0.25) is 4.90 Å². The number of hydrogen-bond acceptors (Lipinski definition) is 3. The summed E-state index contributed by atoms with van der Waals surface area (Å²) in [5.74, 6) is 3.34. The number of carbonyl (C=O) groups excluding carboxylic acids is 1. The number of fused-ring (bicyclic) bond motifs is 2. The van der Waals surface area contributed by atoms with E-state index in [1.54, 1.807) is 0 Å². The van der Waals surface area contributed by atoms with Crippen LogP contribution >= 0.6 is 0 Å². The second-order valence-electron chi connectivity index (χ2n) is 7.96. The number of morpholine rings is 1. The van der Waals surface area contributed by atoms with Crippen molar-refractivity contribution < 1.29 is 14.3 Å². The van der Waals surface area contributed by atoms with Crippen LogP contribution in [0.4, 0.5) is 4.79 Å². The molecular formula is C21H27NO3Si. The summed E-state index contributed by atoms with van der Waals surface area (Å²) in [4.78, 5) is 14.5. The summed E-state index contributed by atoms with van der Waals surface area (Å²) in [5.41, 5.74) is 5.74. The summed E-state index contributed by atoms with van der Waals surface area (Å²) in [5, 5.41) is 0. The lowest BCUT2D eigenvalue weighted by atomic mass is 9.93. The largest absolute Gasteiger partial charge is 0.445 e.